The zero-order chi connectivity index (χ0) is 14.0. The molecule has 0 saturated heterocycles. The zero-order valence-electron chi connectivity index (χ0n) is 10.7. The highest BCUT2D eigenvalue weighted by Gasteiger charge is 2.12. The van der Waals surface area contributed by atoms with Crippen molar-refractivity contribution in [2.75, 3.05) is 0 Å². The number of nitrogens with zero attached hydrogens (tertiary/aromatic N) is 1. The predicted octanol–water partition coefficient (Wildman–Crippen LogP) is 3.63. The van der Waals surface area contributed by atoms with Crippen molar-refractivity contribution >= 4 is 28.9 Å². The van der Waals surface area contributed by atoms with Crippen molar-refractivity contribution in [3.05, 3.63) is 49.9 Å². The molecule has 1 N–H and O–H groups in total. The lowest BCUT2D eigenvalue weighted by molar-refractivity contribution is -0.136. The average Bonchev–Trinajstić information content (AvgIpc) is 2.63. The maximum absolute atomic E-state index is 10.7. The Bertz CT molecular complexity index is 622. The fraction of sp³-hybridized carbons (Fsp3) is 0.286. The van der Waals surface area contributed by atoms with E-state index in [1.165, 1.54) is 16.9 Å². The summed E-state index contributed by atoms with van der Waals surface area (Å²) in [7, 11) is 0. The minimum absolute atomic E-state index is 0.0139. The van der Waals surface area contributed by atoms with Crippen LogP contribution in [0.1, 0.15) is 26.7 Å². The topological polar surface area (TPSA) is 50.2 Å². The maximum atomic E-state index is 10.7. The van der Waals surface area contributed by atoms with Gasteiger partial charge in [0.25, 0.3) is 0 Å². The number of halogens is 1. The summed E-state index contributed by atoms with van der Waals surface area (Å²) < 4.78 is 0. The summed E-state index contributed by atoms with van der Waals surface area (Å²) in [5.74, 6) is -0.848. The van der Waals surface area contributed by atoms with Crippen LogP contribution < -0.4 is 0 Å². The van der Waals surface area contributed by atoms with Crippen LogP contribution in [-0.4, -0.2) is 16.1 Å². The highest BCUT2D eigenvalue weighted by molar-refractivity contribution is 7.11. The van der Waals surface area contributed by atoms with Gasteiger partial charge in [-0.05, 0) is 37.1 Å². The number of thiazole rings is 1. The van der Waals surface area contributed by atoms with Gasteiger partial charge in [0.05, 0.1) is 12.1 Å². The van der Waals surface area contributed by atoms with Crippen LogP contribution in [0, 0.1) is 13.8 Å². The van der Waals surface area contributed by atoms with E-state index in [-0.39, 0.29) is 6.42 Å². The summed E-state index contributed by atoms with van der Waals surface area (Å²) >= 11 is 7.47. The Morgan fingerprint density at radius 3 is 2.84 bits per heavy atom. The van der Waals surface area contributed by atoms with Gasteiger partial charge < -0.3 is 5.11 Å². The number of carbonyl (C=O) groups is 1. The first-order chi connectivity index (χ1) is 8.95. The van der Waals surface area contributed by atoms with Gasteiger partial charge in [-0.25, -0.2) is 4.98 Å². The van der Waals surface area contributed by atoms with E-state index in [1.807, 2.05) is 32.0 Å². The smallest absolute Gasteiger partial charge is 0.310 e. The summed E-state index contributed by atoms with van der Waals surface area (Å²) in [6.07, 6.45) is 0.732. The Labute approximate surface area is 120 Å². The molecule has 2 rings (SSSR count). The molecular weight excluding hydrogens is 282 g/mol. The van der Waals surface area contributed by atoms with Crippen molar-refractivity contribution in [3.8, 4) is 0 Å². The molecule has 0 saturated carbocycles. The van der Waals surface area contributed by atoms with Crippen molar-refractivity contribution in [2.24, 2.45) is 0 Å². The Hall–Kier alpha value is -1.39. The largest absolute Gasteiger partial charge is 0.481 e. The van der Waals surface area contributed by atoms with Crippen LogP contribution in [0.3, 0.4) is 0 Å². The number of hydrogen-bond acceptors (Lipinski definition) is 3. The van der Waals surface area contributed by atoms with Crippen molar-refractivity contribution in [3.63, 3.8) is 0 Å². The van der Waals surface area contributed by atoms with Gasteiger partial charge in [-0.3, -0.25) is 4.79 Å². The van der Waals surface area contributed by atoms with E-state index in [2.05, 4.69) is 4.98 Å². The summed E-state index contributed by atoms with van der Waals surface area (Å²) in [5, 5.41) is 10.2. The monoisotopic (exact) mass is 295 g/mol. The van der Waals surface area contributed by atoms with Gasteiger partial charge in [0.15, 0.2) is 0 Å². The van der Waals surface area contributed by atoms with E-state index in [9.17, 15) is 4.79 Å². The van der Waals surface area contributed by atoms with Gasteiger partial charge in [-0.2, -0.15) is 0 Å². The first-order valence-corrected chi connectivity index (χ1v) is 7.07. The quantitative estimate of drug-likeness (QED) is 0.937. The Balaban J connectivity index is 2.25. The van der Waals surface area contributed by atoms with Crippen LogP contribution in [0.5, 0.6) is 0 Å². The molecule has 0 unspecified atom stereocenters. The number of carboxylic acids is 1. The van der Waals surface area contributed by atoms with Gasteiger partial charge in [0, 0.05) is 16.3 Å². The summed E-state index contributed by atoms with van der Waals surface area (Å²) in [5.41, 5.74) is 3.23. The van der Waals surface area contributed by atoms with Crippen molar-refractivity contribution < 1.29 is 9.90 Å². The van der Waals surface area contributed by atoms with Crippen LogP contribution in [0.15, 0.2) is 18.2 Å². The fourth-order valence-corrected chi connectivity index (χ4v) is 3.14. The van der Waals surface area contributed by atoms with E-state index in [4.69, 9.17) is 16.7 Å². The second-order valence-corrected chi connectivity index (χ2v) is 6.04. The SMILES string of the molecule is Cc1ccc(Cl)cc1Cc1sc(CC(=O)O)nc1C. The standard InChI is InChI=1S/C14H14ClNO2S/c1-8-3-4-11(15)5-10(8)6-12-9(2)16-13(19-12)7-14(17)18/h3-5H,6-7H2,1-2H3,(H,17,18). The lowest BCUT2D eigenvalue weighted by Crippen LogP contribution is -1.98. The molecule has 0 fully saturated rings. The summed E-state index contributed by atoms with van der Waals surface area (Å²) in [4.78, 5) is 16.1. The lowest BCUT2D eigenvalue weighted by atomic mass is 10.0. The van der Waals surface area contributed by atoms with Crippen LogP contribution in [0.2, 0.25) is 5.02 Å². The van der Waals surface area contributed by atoms with Crippen molar-refractivity contribution in [1.29, 1.82) is 0 Å². The Kier molecular flexibility index (Phi) is 4.22. The van der Waals surface area contributed by atoms with Crippen LogP contribution in [0.4, 0.5) is 0 Å². The third kappa shape index (κ3) is 3.55. The summed E-state index contributed by atoms with van der Waals surface area (Å²) in [6.45, 7) is 3.96. The van der Waals surface area contributed by atoms with E-state index in [0.717, 1.165) is 22.6 Å². The predicted molar refractivity (Wildman–Crippen MR) is 77.2 cm³/mol. The number of carboxylic acid groups (broad SMARTS) is 1. The Morgan fingerprint density at radius 1 is 1.42 bits per heavy atom. The second kappa shape index (κ2) is 5.72. The molecule has 2 aromatic rings. The van der Waals surface area contributed by atoms with Crippen LogP contribution in [-0.2, 0) is 17.6 Å². The molecule has 5 heteroatoms. The molecule has 0 amide bonds. The maximum Gasteiger partial charge on any atom is 0.310 e. The normalized spacial score (nSPS) is 10.7. The molecule has 100 valence electrons. The van der Waals surface area contributed by atoms with E-state index in [1.54, 1.807) is 0 Å². The van der Waals surface area contributed by atoms with Gasteiger partial charge >= 0.3 is 5.97 Å². The van der Waals surface area contributed by atoms with E-state index in [0.29, 0.717) is 10.0 Å². The number of hydrogen-bond donors (Lipinski definition) is 1. The van der Waals surface area contributed by atoms with Gasteiger partial charge in [0.1, 0.15) is 5.01 Å². The molecule has 1 aromatic carbocycles. The third-order valence-electron chi connectivity index (χ3n) is 2.90. The molecule has 0 aliphatic heterocycles. The molecule has 3 nitrogen and oxygen atoms in total. The fourth-order valence-electron chi connectivity index (χ4n) is 1.86. The molecular formula is C14H14ClNO2S. The van der Waals surface area contributed by atoms with Gasteiger partial charge in [-0.1, -0.05) is 17.7 Å². The average molecular weight is 296 g/mol. The molecule has 1 heterocycles. The van der Waals surface area contributed by atoms with E-state index < -0.39 is 5.97 Å². The highest BCUT2D eigenvalue weighted by Crippen LogP contribution is 2.25. The number of benzene rings is 1. The van der Waals surface area contributed by atoms with Crippen molar-refractivity contribution in [2.45, 2.75) is 26.7 Å². The minimum atomic E-state index is -0.848. The molecule has 0 spiro atoms. The number of aliphatic carboxylic acids is 1. The second-order valence-electron chi connectivity index (χ2n) is 4.43. The first-order valence-electron chi connectivity index (χ1n) is 5.87. The first kappa shape index (κ1) is 14.0. The molecule has 0 aliphatic carbocycles. The molecule has 0 atom stereocenters. The van der Waals surface area contributed by atoms with Crippen LogP contribution in [0.25, 0.3) is 0 Å². The molecule has 1 aromatic heterocycles. The number of rotatable bonds is 4. The van der Waals surface area contributed by atoms with E-state index >= 15 is 0 Å². The summed E-state index contributed by atoms with van der Waals surface area (Å²) in [6, 6.07) is 5.81. The zero-order valence-corrected chi connectivity index (χ0v) is 12.3. The minimum Gasteiger partial charge on any atom is -0.481 e. The van der Waals surface area contributed by atoms with Gasteiger partial charge in [0.2, 0.25) is 0 Å². The number of aromatic nitrogens is 1. The molecule has 0 bridgehead atoms. The van der Waals surface area contributed by atoms with Crippen LogP contribution >= 0.6 is 22.9 Å². The highest BCUT2D eigenvalue weighted by atomic mass is 35.5. The lowest BCUT2D eigenvalue weighted by Gasteiger charge is -2.05. The third-order valence-corrected chi connectivity index (χ3v) is 4.29. The van der Waals surface area contributed by atoms with Gasteiger partial charge in [-0.15, -0.1) is 11.3 Å². The van der Waals surface area contributed by atoms with Crippen molar-refractivity contribution in [1.82, 2.24) is 4.98 Å². The number of aryl methyl sites for hydroxylation is 2. The molecule has 0 radical (unpaired) electrons. The molecule has 19 heavy (non-hydrogen) atoms. The Morgan fingerprint density at radius 2 is 2.16 bits per heavy atom. The molecule has 0 aliphatic rings.